The first-order valence-electron chi connectivity index (χ1n) is 14.9. The Morgan fingerprint density at radius 3 is 2.33 bits per heavy atom. The van der Waals surface area contributed by atoms with Crippen LogP contribution in [0.25, 0.3) is 44.2 Å². The van der Waals surface area contributed by atoms with Crippen LogP contribution < -0.4 is 0 Å². The highest BCUT2D eigenvalue weighted by Crippen LogP contribution is 2.49. The number of aromatic nitrogens is 4. The van der Waals surface area contributed by atoms with Gasteiger partial charge < -0.3 is 29.7 Å². The molecule has 8 bridgehead atoms. The summed E-state index contributed by atoms with van der Waals surface area (Å²) in [5.74, 6) is -2.02. The number of aromatic hydroxyl groups is 2. The van der Waals surface area contributed by atoms with Gasteiger partial charge in [0.05, 0.1) is 22.5 Å². The Bertz CT molecular complexity index is 2010. The van der Waals surface area contributed by atoms with Crippen molar-refractivity contribution in [1.29, 1.82) is 0 Å². The van der Waals surface area contributed by atoms with Crippen molar-refractivity contribution < 1.29 is 24.5 Å². The predicted molar refractivity (Wildman–Crippen MR) is 168 cm³/mol. The van der Waals surface area contributed by atoms with Gasteiger partial charge in [-0.15, -0.1) is 0 Å². The molecule has 0 fully saturated rings. The normalized spacial score (nSPS) is 16.2. The molecule has 5 N–H and O–H groups in total. The molecule has 9 nitrogen and oxygen atoms in total. The first-order chi connectivity index (χ1) is 20.4. The van der Waals surface area contributed by atoms with E-state index < -0.39 is 17.9 Å². The number of carbonyl (C=O) groups is 1. The number of carboxylic acids is 1. The number of fused-ring (bicyclic) bond motifs is 8. The Balaban J connectivity index is 1.85. The van der Waals surface area contributed by atoms with Gasteiger partial charge in [0, 0.05) is 46.0 Å². The van der Waals surface area contributed by atoms with Crippen LogP contribution in [-0.2, 0) is 11.2 Å². The molecular weight excluding hydrogens is 544 g/mol. The van der Waals surface area contributed by atoms with Gasteiger partial charge in [-0.25, -0.2) is 4.98 Å². The number of nitrogens with one attached hydrogen (secondary N) is 2. The number of nitrogens with zero attached hydrogens (tertiary/aromatic N) is 2. The zero-order valence-electron chi connectivity index (χ0n) is 25.6. The number of aryl methyl sites for hydroxylation is 4. The second-order valence-corrected chi connectivity index (χ2v) is 12.2. The van der Waals surface area contributed by atoms with Crippen LogP contribution in [0.5, 0.6) is 11.9 Å². The van der Waals surface area contributed by atoms with E-state index in [1.54, 1.807) is 0 Å². The molecule has 3 aliphatic heterocycles. The van der Waals surface area contributed by atoms with Crippen LogP contribution in [-0.4, -0.2) is 41.2 Å². The average Bonchev–Trinajstić information content (AvgIpc) is 3.61. The third-order valence-corrected chi connectivity index (χ3v) is 9.29. The molecule has 3 aliphatic rings. The summed E-state index contributed by atoms with van der Waals surface area (Å²) >= 11 is 0. The van der Waals surface area contributed by atoms with Crippen molar-refractivity contribution in [1.82, 2.24) is 19.9 Å². The van der Waals surface area contributed by atoms with E-state index >= 15 is 0 Å². The summed E-state index contributed by atoms with van der Waals surface area (Å²) in [6, 6.07) is 6.19. The fourth-order valence-corrected chi connectivity index (χ4v) is 7.00. The fraction of sp³-hybridized carbons (Fsp3) is 0.382. The van der Waals surface area contributed by atoms with Crippen molar-refractivity contribution in [3.8, 4) is 23.1 Å². The van der Waals surface area contributed by atoms with Gasteiger partial charge in [-0.1, -0.05) is 27.7 Å². The van der Waals surface area contributed by atoms with E-state index in [0.717, 1.165) is 45.3 Å². The molecule has 3 aromatic heterocycles. The molecule has 2 atom stereocenters. The molecule has 0 saturated heterocycles. The van der Waals surface area contributed by atoms with Crippen LogP contribution >= 0.6 is 0 Å². The molecule has 43 heavy (non-hydrogen) atoms. The number of hydrogen-bond acceptors (Lipinski definition) is 6. The van der Waals surface area contributed by atoms with Crippen molar-refractivity contribution in [3.05, 3.63) is 57.4 Å². The highest BCUT2D eigenvalue weighted by Gasteiger charge is 2.35. The van der Waals surface area contributed by atoms with E-state index in [0.29, 0.717) is 34.5 Å². The predicted octanol–water partition coefficient (Wildman–Crippen LogP) is 8.06. The SMILES string of the molecule is CCc1c(C)c2cc3[nH]c(cc4nc(c5c6nc(cc1[nH]2)c(C)c-6c(O)oc5O)[C@@H](CCC(=O)O)[C@@H]4C)c(C)c3C(C)C. The van der Waals surface area contributed by atoms with Crippen molar-refractivity contribution in [3.63, 3.8) is 0 Å². The summed E-state index contributed by atoms with van der Waals surface area (Å²) in [4.78, 5) is 28.9. The van der Waals surface area contributed by atoms with Crippen LogP contribution in [0.1, 0.15) is 97.5 Å². The topological polar surface area (TPSA) is 148 Å². The van der Waals surface area contributed by atoms with Gasteiger partial charge in [0.25, 0.3) is 11.9 Å². The Kier molecular flexibility index (Phi) is 6.86. The summed E-state index contributed by atoms with van der Waals surface area (Å²) in [7, 11) is 0. The van der Waals surface area contributed by atoms with Crippen molar-refractivity contribution in [2.45, 2.75) is 85.5 Å². The summed E-state index contributed by atoms with van der Waals surface area (Å²) in [6.07, 6.45) is 1.07. The largest absolute Gasteiger partial charge is 0.481 e. The van der Waals surface area contributed by atoms with Gasteiger partial charge in [0.15, 0.2) is 0 Å². The second kappa shape index (κ2) is 10.3. The van der Waals surface area contributed by atoms with Gasteiger partial charge >= 0.3 is 5.97 Å². The molecule has 0 unspecified atom stereocenters. The molecule has 9 heteroatoms. The zero-order chi connectivity index (χ0) is 30.9. The van der Waals surface area contributed by atoms with Crippen LogP contribution in [0.3, 0.4) is 0 Å². The lowest BCUT2D eigenvalue weighted by Gasteiger charge is -2.16. The molecule has 0 saturated carbocycles. The Morgan fingerprint density at radius 1 is 0.953 bits per heavy atom. The number of rotatable bonds is 5. The molecule has 6 heterocycles. The molecular formula is C34H38N4O5. The molecule has 6 rings (SSSR count). The monoisotopic (exact) mass is 582 g/mol. The van der Waals surface area contributed by atoms with Gasteiger partial charge in [-0.05, 0) is 85.5 Å². The Hall–Kier alpha value is -4.53. The van der Waals surface area contributed by atoms with E-state index in [4.69, 9.17) is 14.4 Å². The van der Waals surface area contributed by atoms with Crippen molar-refractivity contribution in [2.24, 2.45) is 0 Å². The standard InChI is InChI=1S/C34H38N4O5/c1-8-19-15(4)21-13-26-28(14(2)3)17(6)23(36-26)11-22-16(5)20(9-10-27(39)40)31(37-22)30-32-29(33(41)43-34(30)42)18(7)24(38-32)12-25(19)35-21/h11-14,16,20,35-36,41-42H,8-10H2,1-7H3,(H,39,40)/t16-,20-/m0/s1. The van der Waals surface area contributed by atoms with Crippen LogP contribution in [0, 0.1) is 20.8 Å². The van der Waals surface area contributed by atoms with Crippen LogP contribution in [0.4, 0.5) is 0 Å². The van der Waals surface area contributed by atoms with Gasteiger partial charge in [-0.3, -0.25) is 9.78 Å². The minimum Gasteiger partial charge on any atom is -0.481 e. The lowest BCUT2D eigenvalue weighted by molar-refractivity contribution is -0.137. The van der Waals surface area contributed by atoms with Gasteiger partial charge in [-0.2, -0.15) is 0 Å². The lowest BCUT2D eigenvalue weighted by Crippen LogP contribution is -2.06. The van der Waals surface area contributed by atoms with Crippen LogP contribution in [0.2, 0.25) is 0 Å². The molecule has 0 aliphatic carbocycles. The van der Waals surface area contributed by atoms with E-state index in [1.165, 1.54) is 11.1 Å². The van der Waals surface area contributed by atoms with E-state index in [9.17, 15) is 20.1 Å². The zero-order valence-corrected chi connectivity index (χ0v) is 25.6. The summed E-state index contributed by atoms with van der Waals surface area (Å²) in [5.41, 5.74) is 12.0. The minimum atomic E-state index is -0.902. The summed E-state index contributed by atoms with van der Waals surface area (Å²) in [6.45, 7) is 14.6. The number of hydrogen-bond donors (Lipinski definition) is 5. The van der Waals surface area contributed by atoms with Gasteiger partial charge in [0.1, 0.15) is 5.39 Å². The third-order valence-electron chi connectivity index (χ3n) is 9.29. The highest BCUT2D eigenvalue weighted by molar-refractivity contribution is 5.95. The molecule has 0 spiro atoms. The fourth-order valence-electron chi connectivity index (χ4n) is 7.00. The molecule has 0 radical (unpaired) electrons. The van der Waals surface area contributed by atoms with Crippen molar-refractivity contribution >= 4 is 38.9 Å². The smallest absolute Gasteiger partial charge is 0.303 e. The molecule has 3 aromatic rings. The molecule has 0 amide bonds. The maximum Gasteiger partial charge on any atom is 0.303 e. The first kappa shape index (κ1) is 28.6. The second-order valence-electron chi connectivity index (χ2n) is 12.2. The lowest BCUT2D eigenvalue weighted by atomic mass is 9.86. The highest BCUT2D eigenvalue weighted by atomic mass is 16.5. The first-order valence-corrected chi connectivity index (χ1v) is 14.9. The summed E-state index contributed by atoms with van der Waals surface area (Å²) in [5, 5.41) is 31.8. The van der Waals surface area contributed by atoms with E-state index in [2.05, 4.69) is 50.7 Å². The minimum absolute atomic E-state index is 0.0564. The number of aromatic amines is 2. The number of carboxylic acid groups (broad SMARTS) is 1. The summed E-state index contributed by atoms with van der Waals surface area (Å²) < 4.78 is 5.49. The van der Waals surface area contributed by atoms with Crippen molar-refractivity contribution in [2.75, 3.05) is 0 Å². The molecule has 224 valence electrons. The Morgan fingerprint density at radius 2 is 1.65 bits per heavy atom. The maximum atomic E-state index is 11.7. The molecule has 0 aromatic carbocycles. The average molecular weight is 583 g/mol. The maximum absolute atomic E-state index is 11.7. The third kappa shape index (κ3) is 4.49. The van der Waals surface area contributed by atoms with Crippen LogP contribution in [0.15, 0.2) is 22.6 Å². The van der Waals surface area contributed by atoms with E-state index in [-0.39, 0.29) is 29.6 Å². The Labute approximate surface area is 249 Å². The number of aliphatic carboxylic acids is 1. The van der Waals surface area contributed by atoms with E-state index in [1.807, 2.05) is 26.0 Å². The quantitative estimate of drug-likeness (QED) is 0.141. The van der Waals surface area contributed by atoms with Gasteiger partial charge in [0.2, 0.25) is 0 Å². The number of H-pyrrole nitrogens is 2.